The van der Waals surface area contributed by atoms with Crippen molar-refractivity contribution in [2.24, 2.45) is 0 Å². The Morgan fingerprint density at radius 3 is 2.50 bits per heavy atom. The van der Waals surface area contributed by atoms with Crippen LogP contribution >= 0.6 is 12.4 Å². The molecule has 134 valence electrons. The largest absolute Gasteiger partial charge is 0.371 e. The Balaban J connectivity index is 0.00000196. The number of benzene rings is 2. The molecule has 0 bridgehead atoms. The standard InChI is InChI=1S/C23H24N2.ClH/c1-18-16-22(25-14-5-2-6-15-25)17-21(24-18)13-12-20-10-7-9-19-8-3-4-11-23(19)20;/h3-4,7-13,16-17H,2,5-6,14-15H2,1H3;1H/b13-12+;. The van der Waals surface area contributed by atoms with E-state index in [1.54, 1.807) is 0 Å². The van der Waals surface area contributed by atoms with Crippen molar-refractivity contribution in [3.63, 3.8) is 0 Å². The van der Waals surface area contributed by atoms with Crippen molar-refractivity contribution < 1.29 is 0 Å². The molecule has 0 aliphatic carbocycles. The SMILES string of the molecule is Cc1cc(N2CCCCC2)cc(/C=C/c2cccc3ccccc23)n1.Cl. The van der Waals surface area contributed by atoms with E-state index < -0.39 is 0 Å². The molecular formula is C23H25ClN2. The summed E-state index contributed by atoms with van der Waals surface area (Å²) in [6, 6.07) is 19.4. The molecular weight excluding hydrogens is 340 g/mol. The van der Waals surface area contributed by atoms with E-state index >= 15 is 0 Å². The van der Waals surface area contributed by atoms with Crippen molar-refractivity contribution in [3.05, 3.63) is 71.5 Å². The van der Waals surface area contributed by atoms with Gasteiger partial charge in [0.05, 0.1) is 5.69 Å². The Morgan fingerprint density at radius 2 is 1.65 bits per heavy atom. The second-order valence-corrected chi connectivity index (χ2v) is 6.84. The van der Waals surface area contributed by atoms with Gasteiger partial charge in [0, 0.05) is 24.5 Å². The maximum atomic E-state index is 4.71. The summed E-state index contributed by atoms with van der Waals surface area (Å²) in [5, 5.41) is 2.56. The quantitative estimate of drug-likeness (QED) is 0.556. The van der Waals surface area contributed by atoms with Gasteiger partial charge in [-0.25, -0.2) is 0 Å². The van der Waals surface area contributed by atoms with Crippen LogP contribution in [0.25, 0.3) is 22.9 Å². The molecule has 0 amide bonds. The lowest BCUT2D eigenvalue weighted by molar-refractivity contribution is 0.577. The summed E-state index contributed by atoms with van der Waals surface area (Å²) < 4.78 is 0. The molecule has 1 aliphatic rings. The zero-order valence-corrected chi connectivity index (χ0v) is 16.0. The van der Waals surface area contributed by atoms with E-state index in [9.17, 15) is 0 Å². The molecule has 2 heterocycles. The van der Waals surface area contributed by atoms with Gasteiger partial charge in [-0.05, 0) is 60.7 Å². The predicted octanol–water partition coefficient (Wildman–Crippen LogP) is 6.13. The maximum absolute atomic E-state index is 4.71. The van der Waals surface area contributed by atoms with Gasteiger partial charge in [-0.15, -0.1) is 12.4 Å². The minimum Gasteiger partial charge on any atom is -0.371 e. The average molecular weight is 365 g/mol. The Bertz CT molecular complexity index is 906. The zero-order valence-electron chi connectivity index (χ0n) is 15.2. The molecule has 0 radical (unpaired) electrons. The number of nitrogens with zero attached hydrogens (tertiary/aromatic N) is 2. The van der Waals surface area contributed by atoms with E-state index in [2.05, 4.69) is 78.6 Å². The van der Waals surface area contributed by atoms with Gasteiger partial charge < -0.3 is 4.90 Å². The number of pyridine rings is 1. The molecule has 0 spiro atoms. The minimum atomic E-state index is 0. The number of piperidine rings is 1. The van der Waals surface area contributed by atoms with Crippen molar-refractivity contribution in [1.29, 1.82) is 0 Å². The van der Waals surface area contributed by atoms with Crippen LogP contribution in [0.5, 0.6) is 0 Å². The van der Waals surface area contributed by atoms with Gasteiger partial charge in [-0.2, -0.15) is 0 Å². The normalized spacial score (nSPS) is 14.6. The Kier molecular flexibility index (Phi) is 5.95. The summed E-state index contributed by atoms with van der Waals surface area (Å²) in [6.07, 6.45) is 8.27. The van der Waals surface area contributed by atoms with Crippen LogP contribution in [0, 0.1) is 6.92 Å². The van der Waals surface area contributed by atoms with Crippen LogP contribution in [0.15, 0.2) is 54.6 Å². The Morgan fingerprint density at radius 1 is 0.885 bits per heavy atom. The van der Waals surface area contributed by atoms with Crippen molar-refractivity contribution in [3.8, 4) is 0 Å². The molecule has 26 heavy (non-hydrogen) atoms. The highest BCUT2D eigenvalue weighted by molar-refractivity contribution is 5.92. The van der Waals surface area contributed by atoms with Gasteiger partial charge in [0.15, 0.2) is 0 Å². The minimum absolute atomic E-state index is 0. The molecule has 0 N–H and O–H groups in total. The number of aromatic nitrogens is 1. The van der Waals surface area contributed by atoms with Crippen LogP contribution in [-0.4, -0.2) is 18.1 Å². The van der Waals surface area contributed by atoms with E-state index in [1.807, 2.05) is 0 Å². The molecule has 2 nitrogen and oxygen atoms in total. The van der Waals surface area contributed by atoms with E-state index in [0.717, 1.165) is 24.5 Å². The number of anilines is 1. The molecule has 0 unspecified atom stereocenters. The van der Waals surface area contributed by atoms with Crippen LogP contribution in [0.2, 0.25) is 0 Å². The number of aryl methyl sites for hydroxylation is 1. The van der Waals surface area contributed by atoms with Crippen LogP contribution < -0.4 is 4.90 Å². The van der Waals surface area contributed by atoms with Crippen molar-refractivity contribution in [2.75, 3.05) is 18.0 Å². The van der Waals surface area contributed by atoms with Crippen molar-refractivity contribution in [2.45, 2.75) is 26.2 Å². The van der Waals surface area contributed by atoms with E-state index in [4.69, 9.17) is 4.98 Å². The van der Waals surface area contributed by atoms with E-state index in [1.165, 1.54) is 41.3 Å². The molecule has 1 aromatic heterocycles. The molecule has 4 rings (SSSR count). The van der Waals surface area contributed by atoms with Gasteiger partial charge in [-0.1, -0.05) is 48.5 Å². The number of hydrogen-bond donors (Lipinski definition) is 0. The third-order valence-corrected chi connectivity index (χ3v) is 4.94. The smallest absolute Gasteiger partial charge is 0.0653 e. The van der Waals surface area contributed by atoms with Crippen LogP contribution in [0.3, 0.4) is 0 Å². The summed E-state index contributed by atoms with van der Waals surface area (Å²) in [4.78, 5) is 7.20. The third-order valence-electron chi connectivity index (χ3n) is 4.94. The topological polar surface area (TPSA) is 16.1 Å². The zero-order chi connectivity index (χ0) is 17.1. The molecule has 1 aliphatic heterocycles. The fourth-order valence-corrected chi connectivity index (χ4v) is 3.67. The van der Waals surface area contributed by atoms with E-state index in [-0.39, 0.29) is 12.4 Å². The van der Waals surface area contributed by atoms with E-state index in [0.29, 0.717) is 0 Å². The first-order chi connectivity index (χ1) is 12.3. The van der Waals surface area contributed by atoms with Gasteiger partial charge >= 0.3 is 0 Å². The summed E-state index contributed by atoms with van der Waals surface area (Å²) >= 11 is 0. The first kappa shape index (κ1) is 18.5. The highest BCUT2D eigenvalue weighted by Gasteiger charge is 2.11. The summed E-state index contributed by atoms with van der Waals surface area (Å²) in [6.45, 7) is 4.41. The molecule has 2 aromatic carbocycles. The Hall–Kier alpha value is -2.32. The van der Waals surface area contributed by atoms with Crippen LogP contribution in [0.1, 0.15) is 36.2 Å². The number of rotatable bonds is 3. The molecule has 1 saturated heterocycles. The van der Waals surface area contributed by atoms with Gasteiger partial charge in [0.25, 0.3) is 0 Å². The lowest BCUT2D eigenvalue weighted by Crippen LogP contribution is -2.29. The molecule has 3 heteroatoms. The first-order valence-electron chi connectivity index (χ1n) is 9.19. The lowest BCUT2D eigenvalue weighted by atomic mass is 10.0. The van der Waals surface area contributed by atoms with Crippen LogP contribution in [-0.2, 0) is 0 Å². The third kappa shape index (κ3) is 4.08. The van der Waals surface area contributed by atoms with Crippen LogP contribution in [0.4, 0.5) is 5.69 Å². The maximum Gasteiger partial charge on any atom is 0.0653 e. The summed E-state index contributed by atoms with van der Waals surface area (Å²) in [5.41, 5.74) is 4.67. The first-order valence-corrected chi connectivity index (χ1v) is 9.19. The summed E-state index contributed by atoms with van der Waals surface area (Å²) in [5.74, 6) is 0. The molecule has 0 atom stereocenters. The molecule has 1 fully saturated rings. The highest BCUT2D eigenvalue weighted by atomic mass is 35.5. The second-order valence-electron chi connectivity index (χ2n) is 6.84. The lowest BCUT2D eigenvalue weighted by Gasteiger charge is -2.29. The predicted molar refractivity (Wildman–Crippen MR) is 115 cm³/mol. The number of hydrogen-bond acceptors (Lipinski definition) is 2. The fourth-order valence-electron chi connectivity index (χ4n) is 3.67. The highest BCUT2D eigenvalue weighted by Crippen LogP contribution is 2.24. The summed E-state index contributed by atoms with van der Waals surface area (Å²) in [7, 11) is 0. The van der Waals surface area contributed by atoms with Gasteiger partial charge in [0.2, 0.25) is 0 Å². The Labute approximate surface area is 162 Å². The second kappa shape index (κ2) is 8.37. The average Bonchev–Trinajstić information content (AvgIpc) is 2.66. The van der Waals surface area contributed by atoms with Gasteiger partial charge in [-0.3, -0.25) is 4.98 Å². The number of halogens is 1. The van der Waals surface area contributed by atoms with Crippen molar-refractivity contribution >= 4 is 41.0 Å². The number of fused-ring (bicyclic) bond motifs is 1. The molecule has 3 aromatic rings. The monoisotopic (exact) mass is 364 g/mol. The van der Waals surface area contributed by atoms with Crippen molar-refractivity contribution in [1.82, 2.24) is 4.98 Å². The van der Waals surface area contributed by atoms with Gasteiger partial charge in [0.1, 0.15) is 0 Å². The molecule has 0 saturated carbocycles. The fraction of sp³-hybridized carbons (Fsp3) is 0.261.